The van der Waals surface area contributed by atoms with Crippen LogP contribution in [0.2, 0.25) is 0 Å². The Labute approximate surface area is 150 Å². The van der Waals surface area contributed by atoms with E-state index in [1.54, 1.807) is 4.90 Å². The minimum atomic E-state index is -0.619. The van der Waals surface area contributed by atoms with Gasteiger partial charge in [-0.15, -0.1) is 11.8 Å². The van der Waals surface area contributed by atoms with E-state index in [0.717, 1.165) is 48.4 Å². The molecule has 0 spiro atoms. The number of halogens is 2. The largest absolute Gasteiger partial charge is 0.341 e. The summed E-state index contributed by atoms with van der Waals surface area (Å²) in [4.78, 5) is 15.0. The van der Waals surface area contributed by atoms with Crippen molar-refractivity contribution in [3.63, 3.8) is 0 Å². The summed E-state index contributed by atoms with van der Waals surface area (Å²) >= 11 is 1.05. The highest BCUT2D eigenvalue weighted by Gasteiger charge is 2.30. The van der Waals surface area contributed by atoms with Crippen LogP contribution >= 0.6 is 11.8 Å². The van der Waals surface area contributed by atoms with Gasteiger partial charge in [0.2, 0.25) is 5.91 Å². The molecule has 1 aliphatic heterocycles. The molecule has 1 unspecified atom stereocenters. The van der Waals surface area contributed by atoms with Crippen molar-refractivity contribution in [1.29, 1.82) is 0 Å². The third-order valence-corrected chi connectivity index (χ3v) is 5.59. The summed E-state index contributed by atoms with van der Waals surface area (Å²) in [5, 5.41) is -0.619. The zero-order valence-electron chi connectivity index (χ0n) is 13.7. The van der Waals surface area contributed by atoms with E-state index in [1.807, 2.05) is 30.3 Å². The normalized spacial score (nSPS) is 16.7. The lowest BCUT2D eigenvalue weighted by Gasteiger charge is -2.33. The van der Waals surface area contributed by atoms with Gasteiger partial charge in [-0.3, -0.25) is 4.79 Å². The number of hydrogen-bond acceptors (Lipinski definition) is 3. The van der Waals surface area contributed by atoms with E-state index in [1.165, 1.54) is 0 Å². The number of hydrogen-bond donors (Lipinski definition) is 1. The molecule has 0 radical (unpaired) electrons. The predicted octanol–water partition coefficient (Wildman–Crippen LogP) is 3.75. The van der Waals surface area contributed by atoms with E-state index < -0.39 is 16.9 Å². The SMILES string of the molecule is NC1CCN(C(=O)C(Sc2cc(F)ccc2F)c2ccccc2)CC1. The van der Waals surface area contributed by atoms with E-state index in [9.17, 15) is 13.6 Å². The van der Waals surface area contributed by atoms with Crippen molar-refractivity contribution in [2.75, 3.05) is 13.1 Å². The Morgan fingerprint density at radius 2 is 1.80 bits per heavy atom. The zero-order valence-corrected chi connectivity index (χ0v) is 14.5. The average molecular weight is 362 g/mol. The molecule has 0 aromatic heterocycles. The quantitative estimate of drug-likeness (QED) is 0.843. The number of benzene rings is 2. The molecule has 1 heterocycles. The van der Waals surface area contributed by atoms with Gasteiger partial charge in [-0.05, 0) is 36.6 Å². The molecule has 2 aromatic carbocycles. The van der Waals surface area contributed by atoms with Crippen LogP contribution in [0.4, 0.5) is 8.78 Å². The monoisotopic (exact) mass is 362 g/mol. The molecule has 1 saturated heterocycles. The lowest BCUT2D eigenvalue weighted by atomic mass is 10.0. The first kappa shape index (κ1) is 17.9. The first-order chi connectivity index (χ1) is 12.0. The van der Waals surface area contributed by atoms with Crippen molar-refractivity contribution >= 4 is 17.7 Å². The first-order valence-corrected chi connectivity index (χ1v) is 9.13. The van der Waals surface area contributed by atoms with Gasteiger partial charge in [0.25, 0.3) is 0 Å². The number of carbonyl (C=O) groups is 1. The van der Waals surface area contributed by atoms with E-state index in [2.05, 4.69) is 0 Å². The minimum Gasteiger partial charge on any atom is -0.341 e. The summed E-state index contributed by atoms with van der Waals surface area (Å²) in [6.07, 6.45) is 1.51. The number of piperidine rings is 1. The molecule has 1 atom stereocenters. The number of carbonyl (C=O) groups excluding carboxylic acids is 1. The Balaban J connectivity index is 1.87. The van der Waals surface area contributed by atoms with Crippen molar-refractivity contribution in [2.24, 2.45) is 5.73 Å². The van der Waals surface area contributed by atoms with Gasteiger partial charge in [0.05, 0.1) is 0 Å². The molecule has 0 bridgehead atoms. The lowest BCUT2D eigenvalue weighted by Crippen LogP contribution is -2.44. The second-order valence-corrected chi connectivity index (χ2v) is 7.29. The molecule has 2 N–H and O–H groups in total. The number of likely N-dealkylation sites (tertiary alicyclic amines) is 1. The van der Waals surface area contributed by atoms with Gasteiger partial charge >= 0.3 is 0 Å². The average Bonchev–Trinajstić information content (AvgIpc) is 2.63. The second kappa shape index (κ2) is 7.97. The smallest absolute Gasteiger partial charge is 0.240 e. The van der Waals surface area contributed by atoms with Crippen molar-refractivity contribution in [3.05, 3.63) is 65.7 Å². The van der Waals surface area contributed by atoms with Gasteiger partial charge in [0.1, 0.15) is 16.9 Å². The Bertz CT molecular complexity index is 733. The maximum atomic E-state index is 14.1. The van der Waals surface area contributed by atoms with Crippen LogP contribution in [-0.2, 0) is 4.79 Å². The number of rotatable bonds is 4. The van der Waals surface area contributed by atoms with E-state index in [4.69, 9.17) is 5.73 Å². The highest BCUT2D eigenvalue weighted by Crippen LogP contribution is 2.38. The summed E-state index contributed by atoms with van der Waals surface area (Å²) < 4.78 is 27.6. The summed E-state index contributed by atoms with van der Waals surface area (Å²) in [7, 11) is 0. The Kier molecular flexibility index (Phi) is 5.71. The van der Waals surface area contributed by atoms with Gasteiger partial charge in [0, 0.05) is 24.0 Å². The zero-order chi connectivity index (χ0) is 17.8. The lowest BCUT2D eigenvalue weighted by molar-refractivity contribution is -0.131. The number of nitrogens with zero attached hydrogens (tertiary/aromatic N) is 1. The number of thioether (sulfide) groups is 1. The topological polar surface area (TPSA) is 46.3 Å². The molecule has 132 valence electrons. The highest BCUT2D eigenvalue weighted by atomic mass is 32.2. The van der Waals surface area contributed by atoms with Gasteiger partial charge in [-0.1, -0.05) is 30.3 Å². The molecule has 3 nitrogen and oxygen atoms in total. The van der Waals surface area contributed by atoms with E-state index in [-0.39, 0.29) is 16.8 Å². The molecule has 1 aliphatic rings. The van der Waals surface area contributed by atoms with Gasteiger partial charge in [0.15, 0.2) is 0 Å². The van der Waals surface area contributed by atoms with Gasteiger partial charge in [-0.2, -0.15) is 0 Å². The molecule has 3 rings (SSSR count). The third-order valence-electron chi connectivity index (χ3n) is 4.32. The molecule has 1 fully saturated rings. The predicted molar refractivity (Wildman–Crippen MR) is 95.2 cm³/mol. The fourth-order valence-electron chi connectivity index (χ4n) is 2.87. The first-order valence-electron chi connectivity index (χ1n) is 8.25. The minimum absolute atomic E-state index is 0.0910. The maximum Gasteiger partial charge on any atom is 0.240 e. The number of amides is 1. The Hall–Kier alpha value is -1.92. The maximum absolute atomic E-state index is 14.1. The van der Waals surface area contributed by atoms with Crippen molar-refractivity contribution < 1.29 is 13.6 Å². The summed E-state index contributed by atoms with van der Waals surface area (Å²) in [5.74, 6) is -1.14. The molecule has 1 amide bonds. The van der Waals surface area contributed by atoms with Crippen LogP contribution in [0.25, 0.3) is 0 Å². The molecular weight excluding hydrogens is 342 g/mol. The standard InChI is InChI=1S/C19H20F2N2OS/c20-14-6-7-16(21)17(12-14)25-18(13-4-2-1-3-5-13)19(24)23-10-8-15(22)9-11-23/h1-7,12,15,18H,8-11,22H2. The Morgan fingerprint density at radius 1 is 1.12 bits per heavy atom. The van der Waals surface area contributed by atoms with Crippen molar-refractivity contribution in [3.8, 4) is 0 Å². The van der Waals surface area contributed by atoms with Crippen molar-refractivity contribution in [1.82, 2.24) is 4.90 Å². The molecule has 6 heteroatoms. The van der Waals surface area contributed by atoms with Crippen LogP contribution in [-0.4, -0.2) is 29.9 Å². The molecular formula is C19H20F2N2OS. The summed E-state index contributed by atoms with van der Waals surface area (Å²) in [6, 6.07) is 12.6. The van der Waals surface area contributed by atoms with Crippen LogP contribution in [0.3, 0.4) is 0 Å². The highest BCUT2D eigenvalue weighted by molar-refractivity contribution is 8.00. The summed E-state index contributed by atoms with van der Waals surface area (Å²) in [5.41, 5.74) is 6.68. The van der Waals surface area contributed by atoms with Crippen LogP contribution in [0.5, 0.6) is 0 Å². The molecule has 0 saturated carbocycles. The second-order valence-electron chi connectivity index (χ2n) is 6.15. The molecule has 0 aliphatic carbocycles. The van der Waals surface area contributed by atoms with E-state index in [0.29, 0.717) is 13.1 Å². The van der Waals surface area contributed by atoms with Crippen LogP contribution in [0.15, 0.2) is 53.4 Å². The molecule has 2 aromatic rings. The van der Waals surface area contributed by atoms with Crippen molar-refractivity contribution in [2.45, 2.75) is 29.0 Å². The third kappa shape index (κ3) is 4.38. The molecule has 25 heavy (non-hydrogen) atoms. The fraction of sp³-hybridized carbons (Fsp3) is 0.316. The van der Waals surface area contributed by atoms with Crippen LogP contribution in [0.1, 0.15) is 23.7 Å². The van der Waals surface area contributed by atoms with Gasteiger partial charge in [-0.25, -0.2) is 8.78 Å². The van der Waals surface area contributed by atoms with Gasteiger partial charge < -0.3 is 10.6 Å². The summed E-state index contributed by atoms with van der Waals surface area (Å²) in [6.45, 7) is 1.19. The van der Waals surface area contributed by atoms with Crippen LogP contribution in [0, 0.1) is 11.6 Å². The Morgan fingerprint density at radius 3 is 2.48 bits per heavy atom. The number of nitrogens with two attached hydrogens (primary N) is 1. The fourth-order valence-corrected chi connectivity index (χ4v) is 4.03. The van der Waals surface area contributed by atoms with E-state index >= 15 is 0 Å². The van der Waals surface area contributed by atoms with Crippen LogP contribution < -0.4 is 5.73 Å².